The number of benzene rings is 1. The van der Waals surface area contributed by atoms with Crippen LogP contribution in [0.25, 0.3) is 10.6 Å². The van der Waals surface area contributed by atoms with E-state index in [9.17, 15) is 5.11 Å². The van der Waals surface area contributed by atoms with Crippen LogP contribution in [-0.2, 0) is 0 Å². The van der Waals surface area contributed by atoms with Gasteiger partial charge in [-0.25, -0.2) is 4.98 Å². The van der Waals surface area contributed by atoms with Gasteiger partial charge in [0.1, 0.15) is 5.01 Å². The minimum atomic E-state index is -0.438. The van der Waals surface area contributed by atoms with Crippen molar-refractivity contribution < 1.29 is 5.11 Å². The van der Waals surface area contributed by atoms with Gasteiger partial charge in [0, 0.05) is 16.2 Å². The number of hydrogen-bond acceptors (Lipinski definition) is 3. The summed E-state index contributed by atoms with van der Waals surface area (Å²) >= 11 is 4.91. The largest absolute Gasteiger partial charge is 0.388 e. The van der Waals surface area contributed by atoms with Gasteiger partial charge in [-0.05, 0) is 19.1 Å². The highest BCUT2D eigenvalue weighted by Gasteiger charge is 2.07. The van der Waals surface area contributed by atoms with Crippen LogP contribution in [0.4, 0.5) is 0 Å². The molecule has 2 nitrogen and oxygen atoms in total. The lowest BCUT2D eigenvalue weighted by atomic mass is 10.2. The molecule has 0 saturated carbocycles. The van der Waals surface area contributed by atoms with Gasteiger partial charge in [0.25, 0.3) is 0 Å². The molecule has 0 aliphatic carbocycles. The van der Waals surface area contributed by atoms with E-state index in [2.05, 4.69) is 20.9 Å². The van der Waals surface area contributed by atoms with Crippen molar-refractivity contribution >= 4 is 27.3 Å². The smallest absolute Gasteiger partial charge is 0.123 e. The maximum Gasteiger partial charge on any atom is 0.123 e. The molecule has 15 heavy (non-hydrogen) atoms. The van der Waals surface area contributed by atoms with Crippen molar-refractivity contribution in [2.24, 2.45) is 0 Å². The minimum absolute atomic E-state index is 0.438. The summed E-state index contributed by atoms with van der Waals surface area (Å²) < 4.78 is 1.05. The highest BCUT2D eigenvalue weighted by Crippen LogP contribution is 2.29. The van der Waals surface area contributed by atoms with Gasteiger partial charge in [0.05, 0.1) is 11.0 Å². The molecule has 1 aromatic carbocycles. The average molecular weight is 284 g/mol. The Morgan fingerprint density at radius 1 is 1.33 bits per heavy atom. The van der Waals surface area contributed by atoms with E-state index in [1.807, 2.05) is 24.3 Å². The van der Waals surface area contributed by atoms with Gasteiger partial charge in [0.2, 0.25) is 0 Å². The summed E-state index contributed by atoms with van der Waals surface area (Å²) in [5.41, 5.74) is 1.08. The van der Waals surface area contributed by atoms with Gasteiger partial charge in [0.15, 0.2) is 0 Å². The molecule has 1 unspecified atom stereocenters. The van der Waals surface area contributed by atoms with Crippen LogP contribution in [-0.4, -0.2) is 10.1 Å². The molecule has 78 valence electrons. The van der Waals surface area contributed by atoms with Crippen LogP contribution < -0.4 is 0 Å². The third kappa shape index (κ3) is 2.45. The van der Waals surface area contributed by atoms with E-state index >= 15 is 0 Å². The van der Waals surface area contributed by atoms with Crippen LogP contribution in [0.5, 0.6) is 0 Å². The average Bonchev–Trinajstić information content (AvgIpc) is 2.68. The Labute approximate surface area is 101 Å². The normalized spacial score (nSPS) is 12.7. The predicted molar refractivity (Wildman–Crippen MR) is 65.9 cm³/mol. The van der Waals surface area contributed by atoms with Gasteiger partial charge in [-0.3, -0.25) is 0 Å². The zero-order valence-electron chi connectivity index (χ0n) is 8.14. The molecule has 0 aliphatic rings. The fraction of sp³-hybridized carbons (Fsp3) is 0.182. The molecule has 1 atom stereocenters. The quantitative estimate of drug-likeness (QED) is 0.913. The van der Waals surface area contributed by atoms with Crippen LogP contribution in [0.2, 0.25) is 0 Å². The first-order valence-corrected chi connectivity index (χ1v) is 6.17. The second kappa shape index (κ2) is 4.43. The van der Waals surface area contributed by atoms with Crippen molar-refractivity contribution in [3.63, 3.8) is 0 Å². The predicted octanol–water partition coefficient (Wildman–Crippen LogP) is 3.63. The molecule has 2 aromatic rings. The molecule has 0 fully saturated rings. The number of aliphatic hydroxyl groups excluding tert-OH is 1. The van der Waals surface area contributed by atoms with Crippen molar-refractivity contribution in [3.05, 3.63) is 39.8 Å². The van der Waals surface area contributed by atoms with E-state index < -0.39 is 6.10 Å². The minimum Gasteiger partial charge on any atom is -0.388 e. The van der Waals surface area contributed by atoms with Crippen molar-refractivity contribution in [1.82, 2.24) is 4.98 Å². The van der Waals surface area contributed by atoms with Gasteiger partial charge in [-0.2, -0.15) is 0 Å². The Morgan fingerprint density at radius 2 is 2.00 bits per heavy atom. The monoisotopic (exact) mass is 283 g/mol. The Balaban J connectivity index is 2.33. The maximum atomic E-state index is 9.39. The number of aliphatic hydroxyl groups is 1. The lowest BCUT2D eigenvalue weighted by molar-refractivity contribution is 0.203. The molecule has 0 saturated heterocycles. The molecule has 2 rings (SSSR count). The van der Waals surface area contributed by atoms with E-state index in [4.69, 9.17) is 0 Å². The number of aromatic nitrogens is 1. The second-order valence-corrected chi connectivity index (χ2v) is 5.23. The fourth-order valence-electron chi connectivity index (χ4n) is 1.21. The van der Waals surface area contributed by atoms with Crippen LogP contribution in [0.1, 0.15) is 17.9 Å². The summed E-state index contributed by atoms with van der Waals surface area (Å²) in [5.74, 6) is 0. The first kappa shape index (κ1) is 10.8. The van der Waals surface area contributed by atoms with E-state index in [-0.39, 0.29) is 0 Å². The first-order chi connectivity index (χ1) is 7.16. The SMILES string of the molecule is CC(O)c1cnc(-c2ccc(Br)cc2)s1. The van der Waals surface area contributed by atoms with Crippen LogP contribution in [0.15, 0.2) is 34.9 Å². The molecule has 1 N–H and O–H groups in total. The molecule has 1 heterocycles. The zero-order valence-corrected chi connectivity index (χ0v) is 10.5. The molecule has 0 aliphatic heterocycles. The summed E-state index contributed by atoms with van der Waals surface area (Å²) in [5, 5.41) is 10.3. The van der Waals surface area contributed by atoms with E-state index in [0.29, 0.717) is 0 Å². The van der Waals surface area contributed by atoms with Crippen molar-refractivity contribution in [1.29, 1.82) is 0 Å². The van der Waals surface area contributed by atoms with Crippen molar-refractivity contribution in [2.45, 2.75) is 13.0 Å². The standard InChI is InChI=1S/C11H10BrNOS/c1-7(14)10-6-13-11(15-10)8-2-4-9(12)5-3-8/h2-7,14H,1H3. The van der Waals surface area contributed by atoms with E-state index in [0.717, 1.165) is 19.9 Å². The van der Waals surface area contributed by atoms with Gasteiger partial charge >= 0.3 is 0 Å². The Bertz CT molecular complexity index is 450. The van der Waals surface area contributed by atoms with E-state index in [1.165, 1.54) is 11.3 Å². The van der Waals surface area contributed by atoms with Crippen LogP contribution in [0, 0.1) is 0 Å². The first-order valence-electron chi connectivity index (χ1n) is 4.56. The molecule has 0 radical (unpaired) electrons. The highest BCUT2D eigenvalue weighted by atomic mass is 79.9. The van der Waals surface area contributed by atoms with Gasteiger partial charge in [-0.1, -0.05) is 28.1 Å². The Morgan fingerprint density at radius 3 is 2.53 bits per heavy atom. The lowest BCUT2D eigenvalue weighted by Gasteiger charge is -1.97. The van der Waals surface area contributed by atoms with Crippen LogP contribution >= 0.6 is 27.3 Å². The highest BCUT2D eigenvalue weighted by molar-refractivity contribution is 9.10. The number of halogens is 1. The van der Waals surface area contributed by atoms with Crippen molar-refractivity contribution in [3.8, 4) is 10.6 Å². The summed E-state index contributed by atoms with van der Waals surface area (Å²) in [6, 6.07) is 7.99. The third-order valence-electron chi connectivity index (χ3n) is 2.03. The van der Waals surface area contributed by atoms with Crippen LogP contribution in [0.3, 0.4) is 0 Å². The Hall–Kier alpha value is -0.710. The number of nitrogens with zero attached hydrogens (tertiary/aromatic N) is 1. The lowest BCUT2D eigenvalue weighted by Crippen LogP contribution is -1.83. The molecular weight excluding hydrogens is 274 g/mol. The van der Waals surface area contributed by atoms with E-state index in [1.54, 1.807) is 13.1 Å². The Kier molecular flexibility index (Phi) is 3.19. The maximum absolute atomic E-state index is 9.39. The molecule has 1 aromatic heterocycles. The number of rotatable bonds is 2. The molecular formula is C11H10BrNOS. The molecule has 0 bridgehead atoms. The summed E-state index contributed by atoms with van der Waals surface area (Å²) in [4.78, 5) is 5.18. The summed E-state index contributed by atoms with van der Waals surface area (Å²) in [6.45, 7) is 1.75. The second-order valence-electron chi connectivity index (χ2n) is 3.25. The number of thiazole rings is 1. The molecule has 4 heteroatoms. The summed E-state index contributed by atoms with van der Waals surface area (Å²) in [6.07, 6.45) is 1.29. The fourth-order valence-corrected chi connectivity index (χ4v) is 2.33. The summed E-state index contributed by atoms with van der Waals surface area (Å²) in [7, 11) is 0. The van der Waals surface area contributed by atoms with Gasteiger partial charge < -0.3 is 5.11 Å². The third-order valence-corrected chi connectivity index (χ3v) is 3.77. The van der Waals surface area contributed by atoms with Crippen molar-refractivity contribution in [2.75, 3.05) is 0 Å². The zero-order chi connectivity index (χ0) is 10.8. The molecule has 0 amide bonds. The number of hydrogen-bond donors (Lipinski definition) is 1. The molecule has 0 spiro atoms. The van der Waals surface area contributed by atoms with Gasteiger partial charge in [-0.15, -0.1) is 11.3 Å². The topological polar surface area (TPSA) is 33.1 Å².